The number of aliphatic hydroxyl groups is 1. The van der Waals surface area contributed by atoms with Gasteiger partial charge in [-0.3, -0.25) is 5.32 Å². The van der Waals surface area contributed by atoms with Crippen LogP contribution in [-0.4, -0.2) is 39.7 Å². The zero-order chi connectivity index (χ0) is 20.0. The maximum Gasteiger partial charge on any atom is 0.344 e. The standard InChI is InChI=1S/C17H20FN3O5S/c1-9(7-22)6-19-17(25)20-15-13(16(23)24)14(21-27-15)26-8-11-4-3-10(2)12(18)5-11/h3-5,9,22H,6-8H2,1-2H3,(H,23,24)(H2,19,20,25). The molecule has 0 spiro atoms. The maximum absolute atomic E-state index is 13.6. The number of hydrogen-bond donors (Lipinski definition) is 4. The Morgan fingerprint density at radius 2 is 2.15 bits per heavy atom. The third-order valence-electron chi connectivity index (χ3n) is 3.64. The molecule has 4 N–H and O–H groups in total. The predicted molar refractivity (Wildman–Crippen MR) is 97.8 cm³/mol. The lowest BCUT2D eigenvalue weighted by Gasteiger charge is -2.10. The van der Waals surface area contributed by atoms with Gasteiger partial charge in [-0.25, -0.2) is 14.0 Å². The van der Waals surface area contributed by atoms with Crippen LogP contribution in [0.2, 0.25) is 0 Å². The molecule has 0 saturated heterocycles. The van der Waals surface area contributed by atoms with Crippen LogP contribution in [0.25, 0.3) is 0 Å². The predicted octanol–water partition coefficient (Wildman–Crippen LogP) is 2.62. The summed E-state index contributed by atoms with van der Waals surface area (Å²) in [7, 11) is 0. The highest BCUT2D eigenvalue weighted by atomic mass is 32.1. The number of nitrogens with one attached hydrogen (secondary N) is 2. The molecule has 1 aromatic heterocycles. The van der Waals surface area contributed by atoms with E-state index < -0.39 is 12.0 Å². The SMILES string of the molecule is Cc1ccc(COc2nsc(NC(=O)NCC(C)CO)c2C(=O)O)cc1F. The van der Waals surface area contributed by atoms with Crippen molar-refractivity contribution in [1.29, 1.82) is 0 Å². The number of aromatic nitrogens is 1. The van der Waals surface area contributed by atoms with Gasteiger partial charge in [0.15, 0.2) is 5.56 Å². The Morgan fingerprint density at radius 3 is 2.78 bits per heavy atom. The number of carbonyl (C=O) groups excluding carboxylic acids is 1. The van der Waals surface area contributed by atoms with Crippen LogP contribution in [0.15, 0.2) is 18.2 Å². The molecule has 0 radical (unpaired) electrons. The quantitative estimate of drug-likeness (QED) is 0.543. The number of rotatable bonds is 8. The van der Waals surface area contributed by atoms with E-state index >= 15 is 0 Å². The number of ether oxygens (including phenoxy) is 1. The van der Waals surface area contributed by atoms with Gasteiger partial charge in [0.2, 0.25) is 5.88 Å². The van der Waals surface area contributed by atoms with Crippen molar-refractivity contribution in [3.05, 3.63) is 40.7 Å². The van der Waals surface area contributed by atoms with E-state index in [0.29, 0.717) is 11.1 Å². The van der Waals surface area contributed by atoms with Gasteiger partial charge in [0, 0.05) is 13.2 Å². The fraction of sp³-hybridized carbons (Fsp3) is 0.353. The summed E-state index contributed by atoms with van der Waals surface area (Å²) < 4.78 is 22.9. The summed E-state index contributed by atoms with van der Waals surface area (Å²) >= 11 is 0.762. The molecule has 1 heterocycles. The minimum absolute atomic E-state index is 0.0155. The van der Waals surface area contributed by atoms with E-state index in [-0.39, 0.29) is 47.9 Å². The highest BCUT2D eigenvalue weighted by molar-refractivity contribution is 7.11. The molecular weight excluding hydrogens is 377 g/mol. The minimum atomic E-state index is -1.31. The molecule has 2 amide bonds. The van der Waals surface area contributed by atoms with E-state index in [1.807, 2.05) is 0 Å². The van der Waals surface area contributed by atoms with E-state index in [0.717, 1.165) is 11.5 Å². The number of urea groups is 1. The van der Waals surface area contributed by atoms with Crippen LogP contribution in [0.5, 0.6) is 5.88 Å². The van der Waals surface area contributed by atoms with Crippen LogP contribution in [0.3, 0.4) is 0 Å². The fourth-order valence-corrected chi connectivity index (χ4v) is 2.73. The van der Waals surface area contributed by atoms with E-state index in [4.69, 9.17) is 9.84 Å². The third kappa shape index (κ3) is 5.63. The number of carboxylic acid groups (broad SMARTS) is 1. The lowest BCUT2D eigenvalue weighted by molar-refractivity contribution is 0.0693. The molecule has 2 aromatic rings. The molecule has 0 bridgehead atoms. The first kappa shape index (κ1) is 20.6. The first-order valence-corrected chi connectivity index (χ1v) is 8.85. The molecule has 146 valence electrons. The number of aliphatic hydroxyl groups excluding tert-OH is 1. The molecule has 1 aromatic carbocycles. The molecule has 10 heteroatoms. The second-order valence-corrected chi connectivity index (χ2v) is 6.77. The number of benzene rings is 1. The molecule has 27 heavy (non-hydrogen) atoms. The Balaban J connectivity index is 2.06. The van der Waals surface area contributed by atoms with Crippen molar-refractivity contribution in [3.8, 4) is 5.88 Å². The van der Waals surface area contributed by atoms with Crippen molar-refractivity contribution < 1.29 is 28.9 Å². The number of hydrogen-bond acceptors (Lipinski definition) is 6. The fourth-order valence-electron chi connectivity index (χ4n) is 2.00. The van der Waals surface area contributed by atoms with Gasteiger partial charge in [-0.2, -0.15) is 4.37 Å². The van der Waals surface area contributed by atoms with Crippen molar-refractivity contribution >= 4 is 28.5 Å². The number of carbonyl (C=O) groups is 2. The monoisotopic (exact) mass is 397 g/mol. The molecule has 1 unspecified atom stereocenters. The highest BCUT2D eigenvalue weighted by Crippen LogP contribution is 2.31. The Labute approximate surface area is 159 Å². The summed E-state index contributed by atoms with van der Waals surface area (Å²) in [4.78, 5) is 23.4. The molecule has 0 aliphatic rings. The number of aryl methyl sites for hydroxylation is 1. The zero-order valence-electron chi connectivity index (χ0n) is 14.8. The molecule has 8 nitrogen and oxygen atoms in total. The Bertz CT molecular complexity index is 827. The van der Waals surface area contributed by atoms with Crippen LogP contribution < -0.4 is 15.4 Å². The molecular formula is C17H20FN3O5S. The van der Waals surface area contributed by atoms with Crippen molar-refractivity contribution in [3.63, 3.8) is 0 Å². The minimum Gasteiger partial charge on any atom is -0.477 e. The molecule has 2 rings (SSSR count). The van der Waals surface area contributed by atoms with Crippen molar-refractivity contribution in [2.24, 2.45) is 5.92 Å². The third-order valence-corrected chi connectivity index (χ3v) is 4.38. The van der Waals surface area contributed by atoms with Crippen molar-refractivity contribution in [2.45, 2.75) is 20.5 Å². The van der Waals surface area contributed by atoms with Crippen molar-refractivity contribution in [1.82, 2.24) is 9.69 Å². The van der Waals surface area contributed by atoms with Gasteiger partial charge < -0.3 is 20.3 Å². The molecule has 1 atom stereocenters. The summed E-state index contributed by atoms with van der Waals surface area (Å²) in [6.07, 6.45) is 0. The second kappa shape index (κ2) is 9.28. The topological polar surface area (TPSA) is 121 Å². The zero-order valence-corrected chi connectivity index (χ0v) is 15.6. The van der Waals surface area contributed by atoms with Crippen LogP contribution in [0.4, 0.5) is 14.2 Å². The van der Waals surface area contributed by atoms with Crippen LogP contribution in [0.1, 0.15) is 28.4 Å². The summed E-state index contributed by atoms with van der Waals surface area (Å²) in [6.45, 7) is 3.45. The van der Waals surface area contributed by atoms with Gasteiger partial charge in [0.1, 0.15) is 17.4 Å². The van der Waals surface area contributed by atoms with E-state index in [1.54, 1.807) is 26.0 Å². The number of amides is 2. The largest absolute Gasteiger partial charge is 0.477 e. The number of nitrogens with zero attached hydrogens (tertiary/aromatic N) is 1. The summed E-state index contributed by atoms with van der Waals surface area (Å²) in [5.74, 6) is -1.99. The molecule has 0 fully saturated rings. The summed E-state index contributed by atoms with van der Waals surface area (Å²) in [6, 6.07) is 3.95. The van der Waals surface area contributed by atoms with Gasteiger partial charge in [0.25, 0.3) is 0 Å². The second-order valence-electron chi connectivity index (χ2n) is 5.99. The lowest BCUT2D eigenvalue weighted by atomic mass is 10.1. The van der Waals surface area contributed by atoms with Gasteiger partial charge in [-0.1, -0.05) is 19.1 Å². The average Bonchev–Trinajstić information content (AvgIpc) is 3.03. The normalized spacial score (nSPS) is 11.7. The van der Waals surface area contributed by atoms with Gasteiger partial charge in [0.05, 0.1) is 0 Å². The van der Waals surface area contributed by atoms with Gasteiger partial charge in [-0.15, -0.1) is 0 Å². The molecule has 0 aliphatic heterocycles. The number of halogens is 1. The van der Waals surface area contributed by atoms with E-state index in [2.05, 4.69) is 15.0 Å². The van der Waals surface area contributed by atoms with Gasteiger partial charge >= 0.3 is 12.0 Å². The van der Waals surface area contributed by atoms with Crippen LogP contribution in [0, 0.1) is 18.7 Å². The summed E-state index contributed by atoms with van der Waals surface area (Å²) in [5.41, 5.74) is 0.734. The summed E-state index contributed by atoms with van der Waals surface area (Å²) in [5, 5.41) is 23.3. The maximum atomic E-state index is 13.6. The molecule has 0 aliphatic carbocycles. The van der Waals surface area contributed by atoms with Crippen LogP contribution in [-0.2, 0) is 6.61 Å². The van der Waals surface area contributed by atoms with E-state index in [9.17, 15) is 19.1 Å². The Kier molecular flexibility index (Phi) is 7.08. The Hall–Kier alpha value is -2.72. The van der Waals surface area contributed by atoms with E-state index in [1.165, 1.54) is 6.07 Å². The lowest BCUT2D eigenvalue weighted by Crippen LogP contribution is -2.33. The number of aromatic carboxylic acids is 1. The number of anilines is 1. The smallest absolute Gasteiger partial charge is 0.344 e. The molecule has 0 saturated carbocycles. The van der Waals surface area contributed by atoms with Crippen molar-refractivity contribution in [2.75, 3.05) is 18.5 Å². The van der Waals surface area contributed by atoms with Gasteiger partial charge in [-0.05, 0) is 41.6 Å². The first-order valence-electron chi connectivity index (χ1n) is 8.08. The Morgan fingerprint density at radius 1 is 1.41 bits per heavy atom. The van der Waals surface area contributed by atoms with Crippen LogP contribution >= 0.6 is 11.5 Å². The average molecular weight is 397 g/mol. The first-order chi connectivity index (χ1) is 12.8. The highest BCUT2D eigenvalue weighted by Gasteiger charge is 2.23. The number of carboxylic acids is 1.